The van der Waals surface area contributed by atoms with Crippen molar-refractivity contribution in [3.8, 4) is 66.8 Å². The topological polar surface area (TPSA) is 6.48 Å². The van der Waals surface area contributed by atoms with Crippen molar-refractivity contribution in [2.75, 3.05) is 9.80 Å². The number of hydrogen-bond donors (Lipinski definition) is 0. The van der Waals surface area contributed by atoms with Gasteiger partial charge in [-0.3, -0.25) is 0 Å². The number of halogens is 2. The van der Waals surface area contributed by atoms with Crippen molar-refractivity contribution in [1.29, 1.82) is 0 Å². The van der Waals surface area contributed by atoms with Crippen LogP contribution in [0.15, 0.2) is 279 Å². The van der Waals surface area contributed by atoms with Gasteiger partial charge in [0.2, 0.25) is 0 Å². The number of anilines is 6. The number of para-hydroxylation sites is 2. The molecule has 14 rings (SSSR count). The van der Waals surface area contributed by atoms with Gasteiger partial charge in [-0.2, -0.15) is 0 Å². The molecular formula is C80H58F2N2. The molecule has 2 nitrogen and oxygen atoms in total. The predicted molar refractivity (Wildman–Crippen MR) is 351 cm³/mol. The maximum absolute atomic E-state index is 18.5. The van der Waals surface area contributed by atoms with Crippen molar-refractivity contribution in [1.82, 2.24) is 0 Å². The lowest BCUT2D eigenvalue weighted by Crippen LogP contribution is -2.15. The van der Waals surface area contributed by atoms with Gasteiger partial charge < -0.3 is 9.80 Å². The van der Waals surface area contributed by atoms with Gasteiger partial charge in [-0.1, -0.05) is 253 Å². The average Bonchev–Trinajstić information content (AvgIpc) is 1.99. The van der Waals surface area contributed by atoms with Crippen LogP contribution in [0.3, 0.4) is 0 Å². The molecule has 84 heavy (non-hydrogen) atoms. The summed E-state index contributed by atoms with van der Waals surface area (Å²) in [4.78, 5) is 4.31. The first-order valence-electron chi connectivity index (χ1n) is 28.7. The Kier molecular flexibility index (Phi) is 13.2. The molecule has 0 spiro atoms. The van der Waals surface area contributed by atoms with Crippen LogP contribution < -0.4 is 9.80 Å². The van der Waals surface area contributed by atoms with E-state index in [4.69, 9.17) is 0 Å². The van der Waals surface area contributed by atoms with E-state index in [-0.39, 0.29) is 11.6 Å². The Bertz CT molecular complexity index is 4440. The zero-order valence-corrected chi connectivity index (χ0v) is 47.2. The van der Waals surface area contributed by atoms with Crippen LogP contribution in [-0.2, 0) is 0 Å². The lowest BCUT2D eigenvalue weighted by molar-refractivity contribution is 0.629. The number of benzene rings is 14. The van der Waals surface area contributed by atoms with Crippen molar-refractivity contribution >= 4 is 66.4 Å². The molecule has 0 amide bonds. The van der Waals surface area contributed by atoms with Gasteiger partial charge in [0.25, 0.3) is 0 Å². The van der Waals surface area contributed by atoms with Crippen LogP contribution >= 0.6 is 0 Å². The summed E-state index contributed by atoms with van der Waals surface area (Å²) in [5.74, 6) is -0.709. The van der Waals surface area contributed by atoms with E-state index in [1.807, 2.05) is 24.3 Å². The summed E-state index contributed by atoms with van der Waals surface area (Å²) >= 11 is 0. The third-order valence-corrected chi connectivity index (χ3v) is 16.6. The second-order valence-electron chi connectivity index (χ2n) is 22.2. The summed E-state index contributed by atoms with van der Waals surface area (Å²) in [6.45, 7) is 8.30. The number of aryl methyl sites for hydroxylation is 4. The maximum atomic E-state index is 18.5. The Labute approximate surface area is 489 Å². The van der Waals surface area contributed by atoms with Crippen molar-refractivity contribution in [3.05, 3.63) is 313 Å². The predicted octanol–water partition coefficient (Wildman–Crippen LogP) is 23.0. The van der Waals surface area contributed by atoms with E-state index >= 15 is 8.78 Å². The molecule has 14 aromatic rings. The van der Waals surface area contributed by atoms with Crippen LogP contribution in [0.4, 0.5) is 42.9 Å². The summed E-state index contributed by atoms with van der Waals surface area (Å²) in [6.07, 6.45) is 0. The Morgan fingerprint density at radius 2 is 0.548 bits per heavy atom. The monoisotopic (exact) mass is 1080 g/mol. The average molecular weight is 1090 g/mol. The molecule has 14 aromatic carbocycles. The summed E-state index contributed by atoms with van der Waals surface area (Å²) in [5.41, 5.74) is 19.3. The number of rotatable bonds is 12. The normalized spacial score (nSPS) is 11.5. The zero-order chi connectivity index (χ0) is 57.0. The molecule has 0 fully saturated rings. The standard InChI is InChI=1S/C80H58F2N2/c1-51-23-31-55(32-24-51)63-47-69(59-35-27-53(3)28-36-59)79(71(81)49-63)83(73-21-13-11-19-65(73)57-15-7-5-8-16-57)75-45-41-61-40-44-68-76(46-42-62-39-43-67(75)77(61)78(62)68)84(74-22-14-12-20-66(74)58-17-9-6-10-18-58)80-70(60-37-29-54(4)30-38-60)48-64(50-72(80)82)56-33-25-52(2)26-34-56/h5-50H,1-4H3. The molecule has 0 aromatic heterocycles. The minimum absolute atomic E-state index is 0.355. The molecule has 4 heteroatoms. The van der Waals surface area contributed by atoms with Gasteiger partial charge in [0, 0.05) is 33.0 Å². The summed E-state index contributed by atoms with van der Waals surface area (Å²) < 4.78 is 37.0. The highest BCUT2D eigenvalue weighted by molar-refractivity contribution is 6.28. The molecule has 0 N–H and O–H groups in total. The van der Waals surface area contributed by atoms with Gasteiger partial charge >= 0.3 is 0 Å². The summed E-state index contributed by atoms with van der Waals surface area (Å²) in [7, 11) is 0. The Hall–Kier alpha value is -10.4. The van der Waals surface area contributed by atoms with Crippen LogP contribution in [0.2, 0.25) is 0 Å². The third kappa shape index (κ3) is 9.32. The first kappa shape index (κ1) is 51.7. The zero-order valence-electron chi connectivity index (χ0n) is 47.2. The second kappa shape index (κ2) is 21.5. The van der Waals surface area contributed by atoms with E-state index in [2.05, 4.69) is 280 Å². The van der Waals surface area contributed by atoms with E-state index < -0.39 is 0 Å². The molecule has 0 bridgehead atoms. The van der Waals surface area contributed by atoms with Crippen molar-refractivity contribution in [3.63, 3.8) is 0 Å². The molecule has 0 atom stereocenters. The van der Waals surface area contributed by atoms with Crippen molar-refractivity contribution in [2.45, 2.75) is 27.7 Å². The Balaban J connectivity index is 1.06. The van der Waals surface area contributed by atoms with E-state index in [9.17, 15) is 0 Å². The highest BCUT2D eigenvalue weighted by atomic mass is 19.1. The second-order valence-corrected chi connectivity index (χ2v) is 22.2. The number of nitrogens with zero attached hydrogens (tertiary/aromatic N) is 2. The maximum Gasteiger partial charge on any atom is 0.148 e. The van der Waals surface area contributed by atoms with Crippen LogP contribution in [0.25, 0.3) is 99.1 Å². The van der Waals surface area contributed by atoms with E-state index in [0.29, 0.717) is 11.4 Å². The smallest absolute Gasteiger partial charge is 0.148 e. The number of hydrogen-bond acceptors (Lipinski definition) is 2. The SMILES string of the molecule is Cc1ccc(-c2cc(F)c(N(c3ccccc3-c3ccccc3)c3ccc4ccc5c(N(c6ccccc6-c6ccccc6)c6c(F)cc(-c7ccc(C)cc7)cc6-c6ccc(C)cc6)ccc6ccc3c4c65)c(-c3ccc(C)cc3)c2)cc1. The quantitative estimate of drug-likeness (QED) is 0.113. The molecular weight excluding hydrogens is 1030 g/mol. The molecule has 0 aliphatic carbocycles. The van der Waals surface area contributed by atoms with Gasteiger partial charge in [0.15, 0.2) is 0 Å². The lowest BCUT2D eigenvalue weighted by Gasteiger charge is -2.33. The highest BCUT2D eigenvalue weighted by Gasteiger charge is 2.30. The minimum atomic E-state index is -0.355. The van der Waals surface area contributed by atoms with E-state index in [0.717, 1.165) is 144 Å². The molecule has 0 unspecified atom stereocenters. The third-order valence-electron chi connectivity index (χ3n) is 16.6. The fourth-order valence-corrected chi connectivity index (χ4v) is 12.3. The fourth-order valence-electron chi connectivity index (χ4n) is 12.3. The molecule has 0 heterocycles. The molecule has 0 aliphatic heterocycles. The highest BCUT2D eigenvalue weighted by Crippen LogP contribution is 2.54. The van der Waals surface area contributed by atoms with Crippen LogP contribution in [0.1, 0.15) is 22.3 Å². The van der Waals surface area contributed by atoms with E-state index in [1.54, 1.807) is 12.1 Å². The Morgan fingerprint density at radius 1 is 0.238 bits per heavy atom. The molecule has 0 radical (unpaired) electrons. The first-order chi connectivity index (χ1) is 41.1. The van der Waals surface area contributed by atoms with Gasteiger partial charge in [0.1, 0.15) is 11.6 Å². The first-order valence-corrected chi connectivity index (χ1v) is 28.7. The van der Waals surface area contributed by atoms with Gasteiger partial charge in [-0.15, -0.1) is 0 Å². The molecule has 0 aliphatic rings. The van der Waals surface area contributed by atoms with Crippen molar-refractivity contribution in [2.24, 2.45) is 0 Å². The molecule has 0 saturated heterocycles. The van der Waals surface area contributed by atoms with Crippen LogP contribution in [0, 0.1) is 39.3 Å². The lowest BCUT2D eigenvalue weighted by atomic mass is 9.90. The van der Waals surface area contributed by atoms with Gasteiger partial charge in [-0.25, -0.2) is 8.78 Å². The fraction of sp³-hybridized carbons (Fsp3) is 0.0500. The largest absolute Gasteiger partial charge is 0.306 e. The summed E-state index contributed by atoms with van der Waals surface area (Å²) in [6, 6.07) is 95.9. The van der Waals surface area contributed by atoms with Gasteiger partial charge in [0.05, 0.1) is 34.1 Å². The van der Waals surface area contributed by atoms with E-state index in [1.165, 1.54) is 0 Å². The Morgan fingerprint density at radius 3 is 0.917 bits per heavy atom. The molecule has 0 saturated carbocycles. The van der Waals surface area contributed by atoms with Crippen LogP contribution in [0.5, 0.6) is 0 Å². The van der Waals surface area contributed by atoms with Crippen molar-refractivity contribution < 1.29 is 8.78 Å². The summed E-state index contributed by atoms with van der Waals surface area (Å²) in [5, 5.41) is 5.97. The molecule has 402 valence electrons. The van der Waals surface area contributed by atoms with Crippen LogP contribution in [-0.4, -0.2) is 0 Å². The van der Waals surface area contributed by atoms with Gasteiger partial charge in [-0.05, 0) is 142 Å². The minimum Gasteiger partial charge on any atom is -0.306 e.